The molecule has 0 aliphatic carbocycles. The van der Waals surface area contributed by atoms with E-state index in [1.165, 1.54) is 0 Å². The van der Waals surface area contributed by atoms with E-state index in [0.29, 0.717) is 5.56 Å². The second-order valence-corrected chi connectivity index (χ2v) is 4.91. The van der Waals surface area contributed by atoms with E-state index in [1.54, 1.807) is 6.92 Å². The molecule has 0 fully saturated rings. The van der Waals surface area contributed by atoms with Gasteiger partial charge in [0.25, 0.3) is 0 Å². The highest BCUT2D eigenvalue weighted by atomic mass is 79.9. The first-order chi connectivity index (χ1) is 7.99. The number of hydrogen-bond donors (Lipinski definition) is 0. The number of carbonyl (C=O) groups is 1. The maximum absolute atomic E-state index is 11.3. The SMILES string of the molecule is CC(=O)c1ccc(-n2nc(C)cc2C)cc1Br. The van der Waals surface area contributed by atoms with Gasteiger partial charge in [0, 0.05) is 15.7 Å². The summed E-state index contributed by atoms with van der Waals surface area (Å²) in [6.45, 7) is 5.53. The molecular weight excluding hydrogens is 280 g/mol. The van der Waals surface area contributed by atoms with Crippen molar-refractivity contribution in [3.05, 3.63) is 45.7 Å². The van der Waals surface area contributed by atoms with Crippen molar-refractivity contribution in [3.63, 3.8) is 0 Å². The third kappa shape index (κ3) is 2.31. The Hall–Kier alpha value is -1.42. The molecular formula is C13H13BrN2O. The predicted molar refractivity (Wildman–Crippen MR) is 70.7 cm³/mol. The lowest BCUT2D eigenvalue weighted by Gasteiger charge is -2.07. The zero-order valence-electron chi connectivity index (χ0n) is 9.99. The van der Waals surface area contributed by atoms with Gasteiger partial charge in [-0.25, -0.2) is 4.68 Å². The first-order valence-corrected chi connectivity index (χ1v) is 6.12. The van der Waals surface area contributed by atoms with Crippen LogP contribution in [0.2, 0.25) is 0 Å². The van der Waals surface area contributed by atoms with Crippen molar-refractivity contribution in [3.8, 4) is 5.69 Å². The van der Waals surface area contributed by atoms with Crippen LogP contribution in [0.5, 0.6) is 0 Å². The van der Waals surface area contributed by atoms with Crippen LogP contribution in [-0.4, -0.2) is 15.6 Å². The Morgan fingerprint density at radius 3 is 2.47 bits per heavy atom. The number of benzene rings is 1. The standard InChI is InChI=1S/C13H13BrN2O/c1-8-6-9(2)16(15-8)11-4-5-12(10(3)17)13(14)7-11/h4-7H,1-3H3. The minimum Gasteiger partial charge on any atom is -0.294 e. The minimum atomic E-state index is 0.0526. The molecule has 2 aromatic rings. The highest BCUT2D eigenvalue weighted by molar-refractivity contribution is 9.10. The van der Waals surface area contributed by atoms with Gasteiger partial charge in [-0.15, -0.1) is 0 Å². The van der Waals surface area contributed by atoms with Crippen molar-refractivity contribution in [1.29, 1.82) is 0 Å². The molecule has 0 aliphatic rings. The van der Waals surface area contributed by atoms with Crippen molar-refractivity contribution in [2.24, 2.45) is 0 Å². The Kier molecular flexibility index (Phi) is 3.15. The van der Waals surface area contributed by atoms with Crippen molar-refractivity contribution in [2.75, 3.05) is 0 Å². The van der Waals surface area contributed by atoms with E-state index >= 15 is 0 Å². The highest BCUT2D eigenvalue weighted by Gasteiger charge is 2.08. The summed E-state index contributed by atoms with van der Waals surface area (Å²) in [4.78, 5) is 11.3. The average molecular weight is 293 g/mol. The molecule has 1 aromatic heterocycles. The van der Waals surface area contributed by atoms with Crippen LogP contribution in [-0.2, 0) is 0 Å². The van der Waals surface area contributed by atoms with Crippen LogP contribution >= 0.6 is 15.9 Å². The van der Waals surface area contributed by atoms with Crippen LogP contribution in [0, 0.1) is 13.8 Å². The lowest BCUT2D eigenvalue weighted by atomic mass is 10.1. The molecule has 17 heavy (non-hydrogen) atoms. The molecule has 0 aliphatic heterocycles. The van der Waals surface area contributed by atoms with Gasteiger partial charge in [0.2, 0.25) is 0 Å². The van der Waals surface area contributed by atoms with E-state index in [-0.39, 0.29) is 5.78 Å². The van der Waals surface area contributed by atoms with E-state index in [9.17, 15) is 4.79 Å². The smallest absolute Gasteiger partial charge is 0.160 e. The zero-order chi connectivity index (χ0) is 12.6. The molecule has 0 bridgehead atoms. The van der Waals surface area contributed by atoms with E-state index in [0.717, 1.165) is 21.5 Å². The molecule has 1 aromatic carbocycles. The van der Waals surface area contributed by atoms with E-state index < -0.39 is 0 Å². The van der Waals surface area contributed by atoms with E-state index in [1.807, 2.05) is 42.8 Å². The molecule has 1 heterocycles. The molecule has 4 heteroatoms. The maximum atomic E-state index is 11.3. The molecule has 88 valence electrons. The largest absolute Gasteiger partial charge is 0.294 e. The van der Waals surface area contributed by atoms with Gasteiger partial charge >= 0.3 is 0 Å². The fourth-order valence-electron chi connectivity index (χ4n) is 1.81. The molecule has 0 N–H and O–H groups in total. The third-order valence-corrected chi connectivity index (χ3v) is 3.24. The van der Waals surface area contributed by atoms with E-state index in [2.05, 4.69) is 21.0 Å². The average Bonchev–Trinajstić information content (AvgIpc) is 2.57. The lowest BCUT2D eigenvalue weighted by molar-refractivity contribution is 0.101. The Bertz CT molecular complexity index is 587. The molecule has 2 rings (SSSR count). The summed E-state index contributed by atoms with van der Waals surface area (Å²) in [6.07, 6.45) is 0. The number of rotatable bonds is 2. The minimum absolute atomic E-state index is 0.0526. The maximum Gasteiger partial charge on any atom is 0.160 e. The Morgan fingerprint density at radius 2 is 2.00 bits per heavy atom. The lowest BCUT2D eigenvalue weighted by Crippen LogP contribution is -2.01. The van der Waals surface area contributed by atoms with Crippen molar-refractivity contribution < 1.29 is 4.79 Å². The van der Waals surface area contributed by atoms with Crippen LogP contribution in [0.3, 0.4) is 0 Å². The number of Topliss-reactive ketones (excluding diaryl/α,β-unsaturated/α-hetero) is 1. The summed E-state index contributed by atoms with van der Waals surface area (Å²) in [6, 6.07) is 7.65. The van der Waals surface area contributed by atoms with Gasteiger partial charge in [-0.1, -0.05) is 0 Å². The van der Waals surface area contributed by atoms with Gasteiger partial charge in [-0.3, -0.25) is 4.79 Å². The number of aryl methyl sites for hydroxylation is 2. The summed E-state index contributed by atoms with van der Waals surface area (Å²) in [7, 11) is 0. The summed E-state index contributed by atoms with van der Waals surface area (Å²) < 4.78 is 2.67. The number of halogens is 1. The van der Waals surface area contributed by atoms with Crippen LogP contribution < -0.4 is 0 Å². The van der Waals surface area contributed by atoms with Crippen LogP contribution in [0.25, 0.3) is 5.69 Å². The summed E-state index contributed by atoms with van der Waals surface area (Å²) >= 11 is 3.41. The Labute approximate surface area is 109 Å². The fraction of sp³-hybridized carbons (Fsp3) is 0.231. The quantitative estimate of drug-likeness (QED) is 0.795. The molecule has 0 saturated carbocycles. The first kappa shape index (κ1) is 12.0. The molecule has 0 saturated heterocycles. The predicted octanol–water partition coefficient (Wildman–Crippen LogP) is 3.45. The summed E-state index contributed by atoms with van der Waals surface area (Å²) in [5.74, 6) is 0.0526. The van der Waals surface area contributed by atoms with Crippen molar-refractivity contribution >= 4 is 21.7 Å². The molecule has 0 spiro atoms. The molecule has 0 amide bonds. The van der Waals surface area contributed by atoms with Gasteiger partial charge < -0.3 is 0 Å². The highest BCUT2D eigenvalue weighted by Crippen LogP contribution is 2.22. The fourth-order valence-corrected chi connectivity index (χ4v) is 2.46. The normalized spacial score (nSPS) is 10.6. The number of ketones is 1. The van der Waals surface area contributed by atoms with Crippen molar-refractivity contribution in [2.45, 2.75) is 20.8 Å². The second kappa shape index (κ2) is 4.45. The summed E-state index contributed by atoms with van der Waals surface area (Å²) in [5, 5.41) is 4.41. The Morgan fingerprint density at radius 1 is 1.29 bits per heavy atom. The number of carbonyl (C=O) groups excluding carboxylic acids is 1. The third-order valence-electron chi connectivity index (χ3n) is 2.59. The van der Waals surface area contributed by atoms with Gasteiger partial charge in [0.15, 0.2) is 5.78 Å². The van der Waals surface area contributed by atoms with Gasteiger partial charge in [-0.05, 0) is 61.0 Å². The molecule has 3 nitrogen and oxygen atoms in total. The molecule has 0 radical (unpaired) electrons. The number of nitrogens with zero attached hydrogens (tertiary/aromatic N) is 2. The molecule has 0 atom stereocenters. The number of aromatic nitrogens is 2. The topological polar surface area (TPSA) is 34.9 Å². The van der Waals surface area contributed by atoms with Crippen LogP contribution in [0.4, 0.5) is 0 Å². The van der Waals surface area contributed by atoms with Crippen LogP contribution in [0.15, 0.2) is 28.7 Å². The van der Waals surface area contributed by atoms with Gasteiger partial charge in [0.1, 0.15) is 0 Å². The summed E-state index contributed by atoms with van der Waals surface area (Å²) in [5.41, 5.74) is 3.70. The Balaban J connectivity index is 2.51. The van der Waals surface area contributed by atoms with Gasteiger partial charge in [-0.2, -0.15) is 5.10 Å². The van der Waals surface area contributed by atoms with Gasteiger partial charge in [0.05, 0.1) is 11.4 Å². The van der Waals surface area contributed by atoms with E-state index in [4.69, 9.17) is 0 Å². The molecule has 0 unspecified atom stereocenters. The number of hydrogen-bond acceptors (Lipinski definition) is 2. The zero-order valence-corrected chi connectivity index (χ0v) is 11.6. The van der Waals surface area contributed by atoms with Crippen molar-refractivity contribution in [1.82, 2.24) is 9.78 Å². The monoisotopic (exact) mass is 292 g/mol. The second-order valence-electron chi connectivity index (χ2n) is 4.06. The van der Waals surface area contributed by atoms with Crippen LogP contribution in [0.1, 0.15) is 28.7 Å². The first-order valence-electron chi connectivity index (χ1n) is 5.33.